The third kappa shape index (κ3) is 1.98. The maximum atomic E-state index is 5.40. The summed E-state index contributed by atoms with van der Waals surface area (Å²) in [7, 11) is 1.74. The van der Waals surface area contributed by atoms with Crippen molar-refractivity contribution in [1.82, 2.24) is 0 Å². The van der Waals surface area contributed by atoms with Crippen LogP contribution in [0.25, 0.3) is 0 Å². The lowest BCUT2D eigenvalue weighted by Gasteiger charge is -2.24. The molecule has 0 N–H and O–H groups in total. The van der Waals surface area contributed by atoms with Gasteiger partial charge in [0.25, 0.3) is 0 Å². The van der Waals surface area contributed by atoms with E-state index in [1.54, 1.807) is 7.11 Å². The van der Waals surface area contributed by atoms with E-state index in [1.807, 2.05) is 12.1 Å². The van der Waals surface area contributed by atoms with Gasteiger partial charge in [-0.2, -0.15) is 0 Å². The number of hydrogen-bond acceptors (Lipinski definition) is 1. The van der Waals surface area contributed by atoms with Crippen LogP contribution in [0.5, 0.6) is 0 Å². The Morgan fingerprint density at radius 1 is 1.25 bits per heavy atom. The molecule has 0 saturated carbocycles. The van der Waals surface area contributed by atoms with E-state index in [9.17, 15) is 0 Å². The van der Waals surface area contributed by atoms with Gasteiger partial charge in [-0.15, -0.1) is 0 Å². The minimum atomic E-state index is -0.183. The first-order chi connectivity index (χ1) is 5.58. The second-order valence-electron chi connectivity index (χ2n) is 3.19. The van der Waals surface area contributed by atoms with Crippen molar-refractivity contribution in [3.05, 3.63) is 33.4 Å². The summed E-state index contributed by atoms with van der Waals surface area (Å²) in [5, 5.41) is 0. The SMILES string of the molecule is COC(C)(C)c1ccccc1I. The molecule has 0 aliphatic heterocycles. The minimum Gasteiger partial charge on any atom is -0.374 e. The zero-order chi connectivity index (χ0) is 9.19. The maximum absolute atomic E-state index is 5.40. The molecule has 12 heavy (non-hydrogen) atoms. The van der Waals surface area contributed by atoms with Crippen molar-refractivity contribution in [1.29, 1.82) is 0 Å². The minimum absolute atomic E-state index is 0.183. The van der Waals surface area contributed by atoms with Crippen LogP contribution in [0.1, 0.15) is 19.4 Å². The molecule has 2 heteroatoms. The van der Waals surface area contributed by atoms with E-state index in [4.69, 9.17) is 4.74 Å². The smallest absolute Gasteiger partial charge is 0.0881 e. The molecule has 1 aromatic carbocycles. The molecular weight excluding hydrogens is 263 g/mol. The molecule has 0 aliphatic carbocycles. The van der Waals surface area contributed by atoms with Crippen LogP contribution in [0.3, 0.4) is 0 Å². The first-order valence-electron chi connectivity index (χ1n) is 3.88. The van der Waals surface area contributed by atoms with Crippen LogP contribution in [0.15, 0.2) is 24.3 Å². The average Bonchev–Trinajstić information content (AvgIpc) is 2.05. The molecule has 0 unspecified atom stereocenters. The lowest BCUT2D eigenvalue weighted by molar-refractivity contribution is 0.0185. The summed E-state index contributed by atoms with van der Waals surface area (Å²) in [5.74, 6) is 0. The summed E-state index contributed by atoms with van der Waals surface area (Å²) in [5.41, 5.74) is 1.06. The first kappa shape index (κ1) is 9.99. The fourth-order valence-electron chi connectivity index (χ4n) is 1.06. The maximum Gasteiger partial charge on any atom is 0.0881 e. The molecule has 1 nitrogen and oxygen atoms in total. The standard InChI is InChI=1S/C10H13IO/c1-10(2,12-3)8-6-4-5-7-9(8)11/h4-7H,1-3H3. The Morgan fingerprint density at radius 2 is 1.83 bits per heavy atom. The van der Waals surface area contributed by atoms with E-state index in [0.717, 1.165) is 0 Å². The Bertz CT molecular complexity index is 268. The van der Waals surface area contributed by atoms with Gasteiger partial charge in [0.15, 0.2) is 0 Å². The lowest BCUT2D eigenvalue weighted by Crippen LogP contribution is -2.20. The number of ether oxygens (including phenoxy) is 1. The van der Waals surface area contributed by atoms with Crippen LogP contribution in [-0.4, -0.2) is 7.11 Å². The normalized spacial score (nSPS) is 11.7. The predicted molar refractivity (Wildman–Crippen MR) is 59.2 cm³/mol. The molecule has 1 rings (SSSR count). The highest BCUT2D eigenvalue weighted by atomic mass is 127. The molecule has 0 radical (unpaired) electrons. The Kier molecular flexibility index (Phi) is 3.12. The van der Waals surface area contributed by atoms with Gasteiger partial charge in [0.1, 0.15) is 0 Å². The fraction of sp³-hybridized carbons (Fsp3) is 0.400. The van der Waals surface area contributed by atoms with Crippen molar-refractivity contribution in [3.8, 4) is 0 Å². The molecule has 0 fully saturated rings. The summed E-state index contributed by atoms with van der Waals surface area (Å²) >= 11 is 2.33. The molecular formula is C10H13IO. The molecule has 0 heterocycles. The van der Waals surface area contributed by atoms with Gasteiger partial charge in [0, 0.05) is 10.7 Å². The van der Waals surface area contributed by atoms with Gasteiger partial charge in [0.2, 0.25) is 0 Å². The van der Waals surface area contributed by atoms with Gasteiger partial charge >= 0.3 is 0 Å². The second kappa shape index (κ2) is 3.75. The zero-order valence-corrected chi connectivity index (χ0v) is 9.75. The van der Waals surface area contributed by atoms with Crippen LogP contribution in [0, 0.1) is 3.57 Å². The highest BCUT2D eigenvalue weighted by Gasteiger charge is 2.21. The van der Waals surface area contributed by atoms with E-state index in [1.165, 1.54) is 9.13 Å². The Morgan fingerprint density at radius 3 is 2.33 bits per heavy atom. The molecule has 0 atom stereocenters. The van der Waals surface area contributed by atoms with E-state index < -0.39 is 0 Å². The number of hydrogen-bond donors (Lipinski definition) is 0. The molecule has 0 bridgehead atoms. The van der Waals surface area contributed by atoms with Crippen LogP contribution in [-0.2, 0) is 10.3 Å². The molecule has 66 valence electrons. The van der Waals surface area contributed by atoms with E-state index in [2.05, 4.69) is 48.6 Å². The molecule has 0 amide bonds. The average molecular weight is 276 g/mol. The molecule has 0 spiro atoms. The Hall–Kier alpha value is -0.0900. The van der Waals surface area contributed by atoms with Crippen LogP contribution in [0.4, 0.5) is 0 Å². The molecule has 0 aliphatic rings. The zero-order valence-electron chi connectivity index (χ0n) is 7.60. The molecule has 0 aromatic heterocycles. The summed E-state index contributed by atoms with van der Waals surface area (Å²) in [6, 6.07) is 8.28. The third-order valence-corrected chi connectivity index (χ3v) is 2.97. The van der Waals surface area contributed by atoms with Gasteiger partial charge in [0.05, 0.1) is 5.60 Å². The highest BCUT2D eigenvalue weighted by molar-refractivity contribution is 14.1. The summed E-state index contributed by atoms with van der Waals surface area (Å²) in [6.45, 7) is 4.15. The summed E-state index contributed by atoms with van der Waals surface area (Å²) in [6.07, 6.45) is 0. The Labute approximate surface area is 87.3 Å². The topological polar surface area (TPSA) is 9.23 Å². The quantitative estimate of drug-likeness (QED) is 0.754. The summed E-state index contributed by atoms with van der Waals surface area (Å²) < 4.78 is 6.65. The second-order valence-corrected chi connectivity index (χ2v) is 4.36. The Balaban J connectivity index is 3.10. The monoisotopic (exact) mass is 276 g/mol. The van der Waals surface area contributed by atoms with E-state index in [0.29, 0.717) is 0 Å². The predicted octanol–water partition coefficient (Wildman–Crippen LogP) is 3.17. The van der Waals surface area contributed by atoms with Gasteiger partial charge < -0.3 is 4.74 Å². The number of benzene rings is 1. The number of halogens is 1. The van der Waals surface area contributed by atoms with Gasteiger partial charge in [-0.25, -0.2) is 0 Å². The van der Waals surface area contributed by atoms with Crippen LogP contribution >= 0.6 is 22.6 Å². The van der Waals surface area contributed by atoms with Crippen molar-refractivity contribution in [2.45, 2.75) is 19.4 Å². The van der Waals surface area contributed by atoms with Gasteiger partial charge in [-0.3, -0.25) is 0 Å². The van der Waals surface area contributed by atoms with Crippen molar-refractivity contribution < 1.29 is 4.74 Å². The van der Waals surface area contributed by atoms with Crippen LogP contribution < -0.4 is 0 Å². The van der Waals surface area contributed by atoms with Crippen molar-refractivity contribution in [2.24, 2.45) is 0 Å². The number of methoxy groups -OCH3 is 1. The van der Waals surface area contributed by atoms with Crippen molar-refractivity contribution in [2.75, 3.05) is 7.11 Å². The van der Waals surface area contributed by atoms with E-state index in [-0.39, 0.29) is 5.60 Å². The fourth-order valence-corrected chi connectivity index (χ4v) is 2.10. The van der Waals surface area contributed by atoms with Crippen molar-refractivity contribution >= 4 is 22.6 Å². The van der Waals surface area contributed by atoms with Crippen molar-refractivity contribution in [3.63, 3.8) is 0 Å². The third-order valence-electron chi connectivity index (χ3n) is 2.03. The molecule has 0 saturated heterocycles. The largest absolute Gasteiger partial charge is 0.374 e. The summed E-state index contributed by atoms with van der Waals surface area (Å²) in [4.78, 5) is 0. The number of rotatable bonds is 2. The lowest BCUT2D eigenvalue weighted by atomic mass is 9.98. The van der Waals surface area contributed by atoms with E-state index >= 15 is 0 Å². The highest BCUT2D eigenvalue weighted by Crippen LogP contribution is 2.27. The molecule has 1 aromatic rings. The van der Waals surface area contributed by atoms with Crippen LogP contribution in [0.2, 0.25) is 0 Å². The van der Waals surface area contributed by atoms with Gasteiger partial charge in [-0.1, -0.05) is 18.2 Å². The first-order valence-corrected chi connectivity index (χ1v) is 4.96. The van der Waals surface area contributed by atoms with Gasteiger partial charge in [-0.05, 0) is 48.1 Å².